The van der Waals surface area contributed by atoms with Crippen LogP contribution in [-0.4, -0.2) is 26.6 Å². The minimum absolute atomic E-state index is 0.145. The zero-order valence-electron chi connectivity index (χ0n) is 9.30. The Morgan fingerprint density at radius 3 is 2.21 bits per heavy atom. The van der Waals surface area contributed by atoms with Crippen LogP contribution >= 0.6 is 11.6 Å². The van der Waals surface area contributed by atoms with Gasteiger partial charge in [0, 0.05) is 12.4 Å². The van der Waals surface area contributed by atoms with Crippen LogP contribution in [0.1, 0.15) is 27.7 Å². The van der Waals surface area contributed by atoms with Crippen molar-refractivity contribution in [2.24, 2.45) is 11.3 Å². The predicted octanol–water partition coefficient (Wildman–Crippen LogP) is 1.83. The fraction of sp³-hybridized carbons (Fsp3) is 1.00. The van der Waals surface area contributed by atoms with Crippen molar-refractivity contribution in [1.82, 2.24) is 4.72 Å². The Kier molecular flexibility index (Phi) is 5.41. The Morgan fingerprint density at radius 1 is 1.36 bits per heavy atom. The van der Waals surface area contributed by atoms with Crippen molar-refractivity contribution in [1.29, 1.82) is 0 Å². The van der Waals surface area contributed by atoms with E-state index in [9.17, 15) is 8.42 Å². The van der Waals surface area contributed by atoms with Crippen LogP contribution in [0.2, 0.25) is 0 Å². The molecule has 5 heteroatoms. The second-order valence-corrected chi connectivity index (χ2v) is 6.91. The molecule has 0 aliphatic carbocycles. The summed E-state index contributed by atoms with van der Waals surface area (Å²) in [4.78, 5) is 0. The van der Waals surface area contributed by atoms with E-state index >= 15 is 0 Å². The maximum Gasteiger partial charge on any atom is 0.211 e. The van der Waals surface area contributed by atoms with Crippen molar-refractivity contribution in [3.05, 3.63) is 0 Å². The van der Waals surface area contributed by atoms with E-state index in [1.54, 1.807) is 0 Å². The molecule has 0 fully saturated rings. The van der Waals surface area contributed by atoms with Crippen molar-refractivity contribution >= 4 is 21.6 Å². The van der Waals surface area contributed by atoms with Crippen molar-refractivity contribution in [3.8, 4) is 0 Å². The predicted molar refractivity (Wildman–Crippen MR) is 61.1 cm³/mol. The minimum Gasteiger partial charge on any atom is -0.215 e. The molecule has 0 radical (unpaired) electrons. The van der Waals surface area contributed by atoms with Gasteiger partial charge in [-0.25, -0.2) is 13.1 Å². The van der Waals surface area contributed by atoms with Crippen LogP contribution in [-0.2, 0) is 10.0 Å². The molecule has 0 aliphatic rings. The molecule has 0 aromatic rings. The lowest BCUT2D eigenvalue weighted by Crippen LogP contribution is -2.37. The van der Waals surface area contributed by atoms with Crippen molar-refractivity contribution < 1.29 is 8.42 Å². The monoisotopic (exact) mass is 241 g/mol. The Bertz CT molecular complexity index is 260. The summed E-state index contributed by atoms with van der Waals surface area (Å²) in [5.74, 6) is 0.759. The molecule has 0 saturated heterocycles. The summed E-state index contributed by atoms with van der Waals surface area (Å²) in [6, 6.07) is 0. The van der Waals surface area contributed by atoms with E-state index in [4.69, 9.17) is 11.6 Å². The van der Waals surface area contributed by atoms with Gasteiger partial charge in [0.05, 0.1) is 5.75 Å². The van der Waals surface area contributed by atoms with Gasteiger partial charge in [-0.1, -0.05) is 27.7 Å². The zero-order valence-corrected chi connectivity index (χ0v) is 10.9. The molecule has 0 bridgehead atoms. The maximum atomic E-state index is 11.4. The SMILES string of the molecule is CC(C)CS(=O)(=O)NCC(C)(C)CCl. The molecule has 0 atom stereocenters. The summed E-state index contributed by atoms with van der Waals surface area (Å²) in [5.41, 5.74) is -0.189. The van der Waals surface area contributed by atoms with E-state index in [2.05, 4.69) is 4.72 Å². The highest BCUT2D eigenvalue weighted by atomic mass is 35.5. The average molecular weight is 242 g/mol. The van der Waals surface area contributed by atoms with Crippen LogP contribution in [0.3, 0.4) is 0 Å². The lowest BCUT2D eigenvalue weighted by molar-refractivity contribution is 0.413. The van der Waals surface area contributed by atoms with Crippen LogP contribution < -0.4 is 4.72 Å². The van der Waals surface area contributed by atoms with Gasteiger partial charge >= 0.3 is 0 Å². The highest BCUT2D eigenvalue weighted by Crippen LogP contribution is 2.15. The first-order valence-electron chi connectivity index (χ1n) is 4.72. The second-order valence-electron chi connectivity index (χ2n) is 4.79. The number of rotatable bonds is 6. The Morgan fingerprint density at radius 2 is 1.86 bits per heavy atom. The summed E-state index contributed by atoms with van der Waals surface area (Å²) in [5, 5.41) is 0. The number of sulfonamides is 1. The Labute approximate surface area is 92.3 Å². The van der Waals surface area contributed by atoms with E-state index in [-0.39, 0.29) is 17.1 Å². The average Bonchev–Trinajstić information content (AvgIpc) is 1.99. The molecule has 0 aromatic heterocycles. The molecule has 3 nitrogen and oxygen atoms in total. The van der Waals surface area contributed by atoms with Crippen LogP contribution in [0.5, 0.6) is 0 Å². The van der Waals surface area contributed by atoms with Gasteiger partial charge in [-0.3, -0.25) is 0 Å². The molecule has 1 N–H and O–H groups in total. The van der Waals surface area contributed by atoms with Gasteiger partial charge in [-0.2, -0.15) is 0 Å². The first-order valence-corrected chi connectivity index (χ1v) is 6.90. The minimum atomic E-state index is -3.13. The third-order valence-corrected chi connectivity index (χ3v) is 4.10. The molecular formula is C9H20ClNO2S. The van der Waals surface area contributed by atoms with Crippen molar-refractivity contribution in [2.75, 3.05) is 18.2 Å². The lowest BCUT2D eigenvalue weighted by Gasteiger charge is -2.21. The second kappa shape index (κ2) is 5.33. The van der Waals surface area contributed by atoms with Gasteiger partial charge in [-0.15, -0.1) is 11.6 Å². The molecule has 0 amide bonds. The zero-order chi connectivity index (χ0) is 11.4. The van der Waals surface area contributed by atoms with E-state index in [0.717, 1.165) is 0 Å². The number of halogens is 1. The fourth-order valence-corrected chi connectivity index (χ4v) is 2.55. The smallest absolute Gasteiger partial charge is 0.211 e. The first-order chi connectivity index (χ1) is 6.18. The summed E-state index contributed by atoms with van der Waals surface area (Å²) in [7, 11) is -3.13. The number of hydrogen-bond acceptors (Lipinski definition) is 2. The fourth-order valence-electron chi connectivity index (χ4n) is 0.850. The topological polar surface area (TPSA) is 46.2 Å². The molecule has 0 aliphatic heterocycles. The third-order valence-electron chi connectivity index (χ3n) is 1.69. The third kappa shape index (κ3) is 6.62. The lowest BCUT2D eigenvalue weighted by atomic mass is 9.97. The Balaban J connectivity index is 4.13. The van der Waals surface area contributed by atoms with Crippen LogP contribution in [0.4, 0.5) is 0 Å². The van der Waals surface area contributed by atoms with Gasteiger partial charge < -0.3 is 0 Å². The van der Waals surface area contributed by atoms with E-state index < -0.39 is 10.0 Å². The van der Waals surface area contributed by atoms with Crippen LogP contribution in [0.25, 0.3) is 0 Å². The molecule has 0 aromatic carbocycles. The molecule has 0 spiro atoms. The number of alkyl halides is 1. The van der Waals surface area contributed by atoms with Gasteiger partial charge in [-0.05, 0) is 11.3 Å². The molecule has 0 saturated carbocycles. The normalized spacial score (nSPS) is 13.6. The van der Waals surface area contributed by atoms with Gasteiger partial charge in [0.2, 0.25) is 10.0 Å². The standard InChI is InChI=1S/C9H20ClNO2S/c1-8(2)5-14(12,13)11-7-9(3,4)6-10/h8,11H,5-7H2,1-4H3. The quantitative estimate of drug-likeness (QED) is 0.722. The first kappa shape index (κ1) is 14.2. The molecular weight excluding hydrogens is 222 g/mol. The largest absolute Gasteiger partial charge is 0.215 e. The van der Waals surface area contributed by atoms with Crippen molar-refractivity contribution in [2.45, 2.75) is 27.7 Å². The van der Waals surface area contributed by atoms with Gasteiger partial charge in [0.1, 0.15) is 0 Å². The molecule has 0 heterocycles. The maximum absolute atomic E-state index is 11.4. The summed E-state index contributed by atoms with van der Waals surface area (Å²) in [6.07, 6.45) is 0. The molecule has 14 heavy (non-hydrogen) atoms. The van der Waals surface area contributed by atoms with Gasteiger partial charge in [0.15, 0.2) is 0 Å². The number of hydrogen-bond donors (Lipinski definition) is 1. The Hall–Kier alpha value is 0.200. The molecule has 86 valence electrons. The highest BCUT2D eigenvalue weighted by Gasteiger charge is 2.20. The number of nitrogens with one attached hydrogen (secondary N) is 1. The van der Waals surface area contributed by atoms with E-state index in [1.807, 2.05) is 27.7 Å². The van der Waals surface area contributed by atoms with E-state index in [1.165, 1.54) is 0 Å². The van der Waals surface area contributed by atoms with Crippen LogP contribution in [0.15, 0.2) is 0 Å². The van der Waals surface area contributed by atoms with E-state index in [0.29, 0.717) is 12.4 Å². The summed E-state index contributed by atoms with van der Waals surface area (Å²) in [6.45, 7) is 8.01. The summed E-state index contributed by atoms with van der Waals surface area (Å²) < 4.78 is 25.5. The molecule has 0 unspecified atom stereocenters. The van der Waals surface area contributed by atoms with Crippen LogP contribution in [0, 0.1) is 11.3 Å². The van der Waals surface area contributed by atoms with Gasteiger partial charge in [0.25, 0.3) is 0 Å². The summed E-state index contributed by atoms with van der Waals surface area (Å²) >= 11 is 5.69. The van der Waals surface area contributed by atoms with Crippen molar-refractivity contribution in [3.63, 3.8) is 0 Å². The highest BCUT2D eigenvalue weighted by molar-refractivity contribution is 7.89. The molecule has 0 rings (SSSR count).